The fourth-order valence-electron chi connectivity index (χ4n) is 2.60. The van der Waals surface area contributed by atoms with Crippen LogP contribution in [0.4, 0.5) is 5.69 Å². The Bertz CT molecular complexity index is 953. The van der Waals surface area contributed by atoms with Gasteiger partial charge in [0.1, 0.15) is 17.9 Å². The SMILES string of the molecule is O=C(O)c1ccc(-c2ccccc2[N+](=O)[O-])cc1OCc1ccccc1. The molecule has 0 radical (unpaired) electrons. The summed E-state index contributed by atoms with van der Waals surface area (Å²) in [5.74, 6) is -0.959. The van der Waals surface area contributed by atoms with Crippen molar-refractivity contribution in [3.63, 3.8) is 0 Å². The predicted molar refractivity (Wildman–Crippen MR) is 96.3 cm³/mol. The van der Waals surface area contributed by atoms with E-state index >= 15 is 0 Å². The minimum Gasteiger partial charge on any atom is -0.488 e. The van der Waals surface area contributed by atoms with Crippen molar-refractivity contribution >= 4 is 11.7 Å². The Morgan fingerprint density at radius 3 is 2.38 bits per heavy atom. The molecule has 1 N–H and O–H groups in total. The van der Waals surface area contributed by atoms with Gasteiger partial charge in [-0.15, -0.1) is 0 Å². The van der Waals surface area contributed by atoms with Crippen LogP contribution in [0.15, 0.2) is 72.8 Å². The molecule has 26 heavy (non-hydrogen) atoms. The summed E-state index contributed by atoms with van der Waals surface area (Å²) in [6.45, 7) is 0.196. The summed E-state index contributed by atoms with van der Waals surface area (Å²) in [6.07, 6.45) is 0. The number of benzene rings is 3. The van der Waals surface area contributed by atoms with Gasteiger partial charge in [-0.05, 0) is 29.3 Å². The second kappa shape index (κ2) is 7.48. The van der Waals surface area contributed by atoms with Gasteiger partial charge in [-0.25, -0.2) is 4.79 Å². The summed E-state index contributed by atoms with van der Waals surface area (Å²) in [5, 5.41) is 20.6. The number of carboxylic acids is 1. The minimum atomic E-state index is -1.12. The zero-order chi connectivity index (χ0) is 18.5. The molecule has 0 aliphatic heterocycles. The van der Waals surface area contributed by atoms with Crippen LogP contribution in [0.1, 0.15) is 15.9 Å². The van der Waals surface area contributed by atoms with Crippen molar-refractivity contribution in [3.8, 4) is 16.9 Å². The summed E-state index contributed by atoms with van der Waals surface area (Å²) >= 11 is 0. The summed E-state index contributed by atoms with van der Waals surface area (Å²) in [7, 11) is 0. The quantitative estimate of drug-likeness (QED) is 0.521. The molecule has 0 saturated heterocycles. The van der Waals surface area contributed by atoms with Crippen LogP contribution in [-0.4, -0.2) is 16.0 Å². The first-order valence-corrected chi connectivity index (χ1v) is 7.84. The standard InChI is InChI=1S/C20H15NO5/c22-20(23)17-11-10-15(16-8-4-5-9-18(16)21(24)25)12-19(17)26-13-14-6-2-1-3-7-14/h1-12H,13H2,(H,22,23). The number of rotatable bonds is 6. The van der Waals surface area contributed by atoms with Gasteiger partial charge in [0.15, 0.2) is 0 Å². The lowest BCUT2D eigenvalue weighted by Crippen LogP contribution is -2.04. The minimum absolute atomic E-state index is 0.00302. The molecule has 0 aromatic heterocycles. The van der Waals surface area contributed by atoms with Crippen LogP contribution in [0.2, 0.25) is 0 Å². The number of nitrogens with zero attached hydrogens (tertiary/aromatic N) is 1. The third-order valence-electron chi connectivity index (χ3n) is 3.86. The fourth-order valence-corrected chi connectivity index (χ4v) is 2.60. The predicted octanol–water partition coefficient (Wildman–Crippen LogP) is 4.54. The summed E-state index contributed by atoms with van der Waals surface area (Å²) in [4.78, 5) is 22.2. The van der Waals surface area contributed by atoms with Crippen LogP contribution in [-0.2, 0) is 6.61 Å². The molecule has 0 bridgehead atoms. The molecular weight excluding hydrogens is 334 g/mol. The number of carbonyl (C=O) groups is 1. The molecule has 3 aromatic rings. The monoisotopic (exact) mass is 349 g/mol. The van der Waals surface area contributed by atoms with Crippen molar-refractivity contribution in [2.75, 3.05) is 0 Å². The van der Waals surface area contributed by atoms with Gasteiger partial charge in [0.25, 0.3) is 5.69 Å². The van der Waals surface area contributed by atoms with Gasteiger partial charge in [-0.1, -0.05) is 48.5 Å². The van der Waals surface area contributed by atoms with E-state index in [-0.39, 0.29) is 23.6 Å². The lowest BCUT2D eigenvalue weighted by molar-refractivity contribution is -0.384. The van der Waals surface area contributed by atoms with E-state index in [9.17, 15) is 20.0 Å². The normalized spacial score (nSPS) is 10.3. The molecule has 0 fully saturated rings. The number of ether oxygens (including phenoxy) is 1. The number of nitro groups is 1. The molecule has 0 unspecified atom stereocenters. The van der Waals surface area contributed by atoms with Gasteiger partial charge in [-0.3, -0.25) is 10.1 Å². The Balaban J connectivity index is 1.99. The Kier molecular flexibility index (Phi) is 4.94. The highest BCUT2D eigenvalue weighted by Gasteiger charge is 2.18. The lowest BCUT2D eigenvalue weighted by Gasteiger charge is -2.12. The molecule has 0 spiro atoms. The number of para-hydroxylation sites is 1. The molecule has 130 valence electrons. The number of carboxylic acid groups (broad SMARTS) is 1. The second-order valence-corrected chi connectivity index (χ2v) is 5.56. The van der Waals surface area contributed by atoms with Crippen LogP contribution in [0.25, 0.3) is 11.1 Å². The van der Waals surface area contributed by atoms with Gasteiger partial charge >= 0.3 is 5.97 Å². The van der Waals surface area contributed by atoms with E-state index in [1.54, 1.807) is 24.3 Å². The second-order valence-electron chi connectivity index (χ2n) is 5.56. The Labute approximate surface area is 149 Å². The molecule has 0 atom stereocenters. The van der Waals surface area contributed by atoms with E-state index in [1.807, 2.05) is 30.3 Å². The third kappa shape index (κ3) is 3.70. The van der Waals surface area contributed by atoms with Crippen LogP contribution in [0.5, 0.6) is 5.75 Å². The molecular formula is C20H15NO5. The zero-order valence-corrected chi connectivity index (χ0v) is 13.7. The van der Waals surface area contributed by atoms with E-state index < -0.39 is 10.9 Å². The molecule has 3 aromatic carbocycles. The average molecular weight is 349 g/mol. The lowest BCUT2D eigenvalue weighted by atomic mass is 10.0. The smallest absolute Gasteiger partial charge is 0.339 e. The first-order valence-electron chi connectivity index (χ1n) is 7.84. The molecule has 0 aliphatic rings. The van der Waals surface area contributed by atoms with E-state index in [1.165, 1.54) is 18.2 Å². The molecule has 6 heteroatoms. The first-order chi connectivity index (χ1) is 12.6. The number of nitro benzene ring substituents is 1. The fraction of sp³-hybridized carbons (Fsp3) is 0.0500. The maximum absolute atomic E-state index is 11.5. The third-order valence-corrected chi connectivity index (χ3v) is 3.86. The van der Waals surface area contributed by atoms with Gasteiger partial charge in [0, 0.05) is 6.07 Å². The van der Waals surface area contributed by atoms with Crippen LogP contribution >= 0.6 is 0 Å². The van der Waals surface area contributed by atoms with E-state index in [2.05, 4.69) is 0 Å². The highest BCUT2D eigenvalue weighted by Crippen LogP contribution is 2.33. The van der Waals surface area contributed by atoms with Crippen molar-refractivity contribution in [2.24, 2.45) is 0 Å². The van der Waals surface area contributed by atoms with Gasteiger partial charge in [0.2, 0.25) is 0 Å². The number of hydrogen-bond donors (Lipinski definition) is 1. The van der Waals surface area contributed by atoms with Crippen LogP contribution < -0.4 is 4.74 Å². The van der Waals surface area contributed by atoms with E-state index in [0.717, 1.165) is 5.56 Å². The summed E-state index contributed by atoms with van der Waals surface area (Å²) in [5.41, 5.74) is 1.76. The maximum Gasteiger partial charge on any atom is 0.339 e. The molecule has 0 amide bonds. The Hall–Kier alpha value is -3.67. The average Bonchev–Trinajstić information content (AvgIpc) is 2.66. The molecule has 0 aliphatic carbocycles. The summed E-state index contributed by atoms with van der Waals surface area (Å²) < 4.78 is 5.70. The van der Waals surface area contributed by atoms with Gasteiger partial charge < -0.3 is 9.84 Å². The Morgan fingerprint density at radius 1 is 1.00 bits per heavy atom. The van der Waals surface area contributed by atoms with Crippen molar-refractivity contribution in [1.29, 1.82) is 0 Å². The van der Waals surface area contributed by atoms with Crippen molar-refractivity contribution in [1.82, 2.24) is 0 Å². The van der Waals surface area contributed by atoms with E-state index in [0.29, 0.717) is 11.1 Å². The Morgan fingerprint density at radius 2 is 1.69 bits per heavy atom. The first kappa shape index (κ1) is 17.2. The highest BCUT2D eigenvalue weighted by molar-refractivity contribution is 5.92. The van der Waals surface area contributed by atoms with Gasteiger partial charge in [-0.2, -0.15) is 0 Å². The number of hydrogen-bond acceptors (Lipinski definition) is 4. The van der Waals surface area contributed by atoms with Crippen LogP contribution in [0.3, 0.4) is 0 Å². The van der Waals surface area contributed by atoms with Crippen molar-refractivity contribution in [3.05, 3.63) is 94.0 Å². The number of aromatic carboxylic acids is 1. The largest absolute Gasteiger partial charge is 0.488 e. The maximum atomic E-state index is 11.5. The van der Waals surface area contributed by atoms with Gasteiger partial charge in [0.05, 0.1) is 10.5 Å². The molecule has 6 nitrogen and oxygen atoms in total. The van der Waals surface area contributed by atoms with E-state index in [4.69, 9.17) is 4.74 Å². The van der Waals surface area contributed by atoms with Crippen molar-refractivity contribution < 1.29 is 19.6 Å². The zero-order valence-electron chi connectivity index (χ0n) is 13.7. The topological polar surface area (TPSA) is 89.7 Å². The molecule has 0 saturated carbocycles. The van der Waals surface area contributed by atoms with Crippen LogP contribution in [0, 0.1) is 10.1 Å². The molecule has 0 heterocycles. The summed E-state index contributed by atoms with van der Waals surface area (Å²) in [6, 6.07) is 20.1. The molecule has 3 rings (SSSR count). The highest BCUT2D eigenvalue weighted by atomic mass is 16.6. The van der Waals surface area contributed by atoms with Crippen molar-refractivity contribution in [2.45, 2.75) is 6.61 Å².